The first-order valence-electron chi connectivity index (χ1n) is 12.0. The number of nitrogen functional groups attached to an aromatic ring is 1. The van der Waals surface area contributed by atoms with Crippen molar-refractivity contribution in [1.29, 1.82) is 5.41 Å². The maximum absolute atomic E-state index is 13.0. The Bertz CT molecular complexity index is 1010. The van der Waals surface area contributed by atoms with Crippen LogP contribution >= 0.6 is 0 Å². The highest BCUT2D eigenvalue weighted by atomic mass is 16.3. The number of hydrogen-bond acceptors (Lipinski definition) is 6. The number of amides is 1. The third kappa shape index (κ3) is 10.2. The second-order valence-electron chi connectivity index (χ2n) is 8.57. The largest absolute Gasteiger partial charge is 0.394 e. The number of ketones is 1. The number of rotatable bonds is 16. The molecular weight excluding hydrogens is 458 g/mol. The van der Waals surface area contributed by atoms with Crippen molar-refractivity contribution >= 4 is 23.5 Å². The van der Waals surface area contributed by atoms with Crippen LogP contribution in [0.4, 0.5) is 0 Å². The van der Waals surface area contributed by atoms with E-state index in [9.17, 15) is 14.7 Å². The van der Waals surface area contributed by atoms with Crippen LogP contribution in [0.2, 0.25) is 0 Å². The molecule has 10 heteroatoms. The number of nitrogens with two attached hydrogens (primary N) is 3. The van der Waals surface area contributed by atoms with Gasteiger partial charge in [0.2, 0.25) is 5.91 Å². The van der Waals surface area contributed by atoms with E-state index in [1.807, 2.05) is 30.3 Å². The van der Waals surface area contributed by atoms with Crippen LogP contribution < -0.4 is 27.8 Å². The molecule has 2 rings (SSSR count). The molecule has 0 aromatic heterocycles. The van der Waals surface area contributed by atoms with Gasteiger partial charge >= 0.3 is 0 Å². The lowest BCUT2D eigenvalue weighted by atomic mass is 9.93. The average Bonchev–Trinajstić information content (AvgIpc) is 2.87. The van der Waals surface area contributed by atoms with Crippen LogP contribution in [0, 0.1) is 11.3 Å². The lowest BCUT2D eigenvalue weighted by molar-refractivity contribution is -0.131. The molecule has 0 aliphatic rings. The van der Waals surface area contributed by atoms with E-state index < -0.39 is 12.0 Å². The van der Waals surface area contributed by atoms with Crippen LogP contribution in [-0.2, 0) is 22.6 Å². The summed E-state index contributed by atoms with van der Waals surface area (Å²) in [6.07, 6.45) is 1.65. The molecule has 2 aromatic rings. The number of carbonyl (C=O) groups is 2. The summed E-state index contributed by atoms with van der Waals surface area (Å²) in [5, 5.41) is 23.2. The van der Waals surface area contributed by atoms with E-state index in [1.54, 1.807) is 24.3 Å². The Balaban J connectivity index is 1.95. The number of amidine groups is 1. The third-order valence-corrected chi connectivity index (χ3v) is 5.77. The van der Waals surface area contributed by atoms with Gasteiger partial charge in [-0.15, -0.1) is 0 Å². The van der Waals surface area contributed by atoms with Gasteiger partial charge in [-0.25, -0.2) is 0 Å². The topological polar surface area (TPSA) is 193 Å². The van der Waals surface area contributed by atoms with Crippen LogP contribution in [-0.4, -0.2) is 54.3 Å². The summed E-state index contributed by atoms with van der Waals surface area (Å²) in [4.78, 5) is 29.9. The number of Topliss-reactive ketones (excluding diaryl/α,β-unsaturated/α-hetero) is 1. The van der Waals surface area contributed by atoms with Gasteiger partial charge in [0.1, 0.15) is 5.84 Å². The Kier molecular flexibility index (Phi) is 12.1. The summed E-state index contributed by atoms with van der Waals surface area (Å²) in [5.74, 6) is -1.12. The van der Waals surface area contributed by atoms with Crippen molar-refractivity contribution < 1.29 is 14.7 Å². The molecule has 0 aliphatic carbocycles. The first-order chi connectivity index (χ1) is 17.3. The molecule has 0 saturated heterocycles. The number of aliphatic hydroxyl groups is 1. The number of benzene rings is 2. The minimum Gasteiger partial charge on any atom is -0.394 e. The highest BCUT2D eigenvalue weighted by molar-refractivity contribution is 5.95. The number of nitrogens with zero attached hydrogens (tertiary/aromatic N) is 1. The van der Waals surface area contributed by atoms with E-state index >= 15 is 0 Å². The average molecular weight is 496 g/mol. The van der Waals surface area contributed by atoms with Crippen molar-refractivity contribution in [2.24, 2.45) is 28.1 Å². The van der Waals surface area contributed by atoms with Crippen molar-refractivity contribution in [2.75, 3.05) is 19.7 Å². The Morgan fingerprint density at radius 3 is 2.31 bits per heavy atom. The molecule has 0 spiro atoms. The Morgan fingerprint density at radius 1 is 1.00 bits per heavy atom. The summed E-state index contributed by atoms with van der Waals surface area (Å²) in [7, 11) is 0. The Morgan fingerprint density at radius 2 is 1.69 bits per heavy atom. The second kappa shape index (κ2) is 15.3. The van der Waals surface area contributed by atoms with Crippen LogP contribution in [0.3, 0.4) is 0 Å². The van der Waals surface area contributed by atoms with Crippen LogP contribution in [0.25, 0.3) is 0 Å². The van der Waals surface area contributed by atoms with Crippen molar-refractivity contribution in [3.05, 3.63) is 71.3 Å². The maximum Gasteiger partial charge on any atom is 0.223 e. The zero-order valence-corrected chi connectivity index (χ0v) is 20.5. The maximum atomic E-state index is 13.0. The van der Waals surface area contributed by atoms with Crippen LogP contribution in [0.5, 0.6) is 0 Å². The first kappa shape index (κ1) is 28.5. The number of carbonyl (C=O) groups excluding carboxylic acids is 2. The van der Waals surface area contributed by atoms with Gasteiger partial charge in [-0.05, 0) is 36.9 Å². The molecule has 1 amide bonds. The molecule has 2 atom stereocenters. The van der Waals surface area contributed by atoms with E-state index in [1.165, 1.54) is 0 Å². The second-order valence-corrected chi connectivity index (χ2v) is 8.57. The molecule has 10 N–H and O–H groups in total. The summed E-state index contributed by atoms with van der Waals surface area (Å²) in [6, 6.07) is 16.1. The third-order valence-electron chi connectivity index (χ3n) is 5.77. The normalized spacial score (nSPS) is 12.4. The van der Waals surface area contributed by atoms with Gasteiger partial charge in [-0.2, -0.15) is 0 Å². The van der Waals surface area contributed by atoms with Crippen molar-refractivity contribution in [2.45, 2.75) is 38.3 Å². The van der Waals surface area contributed by atoms with Crippen LogP contribution in [0.15, 0.2) is 59.6 Å². The minimum atomic E-state index is -0.749. The fourth-order valence-electron chi connectivity index (χ4n) is 3.71. The standard InChI is InChI=1S/C26H37N7O3/c27-24(28)20-10-8-19(9-11-20)16-33-25(36)21(7-4-13-32-26(29)30)15-23(35)22(17-34)31-14-12-18-5-2-1-3-6-18/h1-3,5-6,8-11,21-22,31,34H,4,7,12-17H2,(H3,27,28)(H,33,36)(H4,29,30,32)/t21-,22-/m1/s1. The molecule has 36 heavy (non-hydrogen) atoms. The highest BCUT2D eigenvalue weighted by Gasteiger charge is 2.26. The smallest absolute Gasteiger partial charge is 0.223 e. The molecule has 10 nitrogen and oxygen atoms in total. The predicted octanol–water partition coefficient (Wildman–Crippen LogP) is 0.409. The SMILES string of the molecule is N=C(N)c1ccc(CNC(=O)[C@H](CCCN=C(N)N)CC(=O)[C@@H](CO)NCCc2ccccc2)cc1. The zero-order valence-electron chi connectivity index (χ0n) is 20.5. The van der Waals surface area contributed by atoms with E-state index in [2.05, 4.69) is 15.6 Å². The molecule has 0 saturated carbocycles. The number of aliphatic hydroxyl groups excluding tert-OH is 1. The van der Waals surface area contributed by atoms with E-state index in [4.69, 9.17) is 22.6 Å². The van der Waals surface area contributed by atoms with Crippen molar-refractivity contribution in [1.82, 2.24) is 10.6 Å². The molecule has 0 bridgehead atoms. The summed E-state index contributed by atoms with van der Waals surface area (Å²) >= 11 is 0. The summed E-state index contributed by atoms with van der Waals surface area (Å²) in [5.41, 5.74) is 18.8. The number of nitrogens with one attached hydrogen (secondary N) is 3. The molecule has 194 valence electrons. The van der Waals surface area contributed by atoms with Crippen LogP contribution in [0.1, 0.15) is 36.0 Å². The monoisotopic (exact) mass is 495 g/mol. The van der Waals surface area contributed by atoms with Gasteiger partial charge in [0, 0.05) is 31.0 Å². The molecule has 0 fully saturated rings. The fraction of sp³-hybridized carbons (Fsp3) is 0.385. The van der Waals surface area contributed by atoms with Crippen molar-refractivity contribution in [3.8, 4) is 0 Å². The molecule has 0 unspecified atom stereocenters. The lowest BCUT2D eigenvalue weighted by Gasteiger charge is -2.20. The quantitative estimate of drug-likeness (QED) is 0.0995. The van der Waals surface area contributed by atoms with Gasteiger partial charge in [0.15, 0.2) is 11.7 Å². The van der Waals surface area contributed by atoms with E-state index in [0.717, 1.165) is 17.5 Å². The van der Waals surface area contributed by atoms with Crippen molar-refractivity contribution in [3.63, 3.8) is 0 Å². The van der Waals surface area contributed by atoms with Gasteiger partial charge in [-0.1, -0.05) is 54.6 Å². The van der Waals surface area contributed by atoms with Gasteiger partial charge < -0.3 is 32.9 Å². The first-order valence-corrected chi connectivity index (χ1v) is 12.0. The number of guanidine groups is 1. The summed E-state index contributed by atoms with van der Waals surface area (Å²) < 4.78 is 0. The van der Waals surface area contributed by atoms with E-state index in [0.29, 0.717) is 31.5 Å². The molecular formula is C26H37N7O3. The Labute approximate surface area is 211 Å². The highest BCUT2D eigenvalue weighted by Crippen LogP contribution is 2.15. The number of aliphatic imine (C=N–C) groups is 1. The zero-order chi connectivity index (χ0) is 26.3. The minimum absolute atomic E-state index is 0.0134. The predicted molar refractivity (Wildman–Crippen MR) is 141 cm³/mol. The number of hydrogen-bond donors (Lipinski definition) is 7. The summed E-state index contributed by atoms with van der Waals surface area (Å²) in [6.45, 7) is 0.803. The fourth-order valence-corrected chi connectivity index (χ4v) is 3.71. The lowest BCUT2D eigenvalue weighted by Crippen LogP contribution is -2.43. The molecule has 0 radical (unpaired) electrons. The van der Waals surface area contributed by atoms with E-state index in [-0.39, 0.29) is 43.1 Å². The molecule has 0 aliphatic heterocycles. The van der Waals surface area contributed by atoms with Gasteiger partial charge in [0.25, 0.3) is 0 Å². The van der Waals surface area contributed by atoms with Gasteiger partial charge in [0.05, 0.1) is 12.6 Å². The molecule has 2 aromatic carbocycles. The Hall–Kier alpha value is -3.76. The molecule has 0 heterocycles. The van der Waals surface area contributed by atoms with Gasteiger partial charge in [-0.3, -0.25) is 20.0 Å².